The molecule has 0 aliphatic carbocycles. The van der Waals surface area contributed by atoms with Crippen molar-refractivity contribution in [3.05, 3.63) is 59.2 Å². The molecule has 0 saturated carbocycles. The van der Waals surface area contributed by atoms with Gasteiger partial charge in [0.2, 0.25) is 0 Å². The fourth-order valence-electron chi connectivity index (χ4n) is 3.31. The fourth-order valence-corrected chi connectivity index (χ4v) is 4.69. The van der Waals surface area contributed by atoms with Crippen LogP contribution in [0, 0.1) is 19.8 Å². The van der Waals surface area contributed by atoms with Crippen LogP contribution in [0.25, 0.3) is 0 Å². The van der Waals surface area contributed by atoms with Gasteiger partial charge in [-0.05, 0) is 68.1 Å². The zero-order valence-corrected chi connectivity index (χ0v) is 17.6. The minimum absolute atomic E-state index is 0. The number of hydrogen-bond acceptors (Lipinski definition) is 4. The summed E-state index contributed by atoms with van der Waals surface area (Å²) >= 11 is 0. The molecule has 2 aromatic rings. The Kier molecular flexibility index (Phi) is 7.09. The van der Waals surface area contributed by atoms with Crippen LogP contribution >= 0.6 is 12.4 Å². The van der Waals surface area contributed by atoms with Crippen LogP contribution in [-0.4, -0.2) is 38.9 Å². The van der Waals surface area contributed by atoms with Gasteiger partial charge in [0.25, 0.3) is 15.9 Å². The van der Waals surface area contributed by atoms with E-state index in [9.17, 15) is 13.2 Å². The van der Waals surface area contributed by atoms with E-state index in [0.29, 0.717) is 42.4 Å². The van der Waals surface area contributed by atoms with Gasteiger partial charge in [0, 0.05) is 24.3 Å². The maximum atomic E-state index is 12.8. The zero-order valence-electron chi connectivity index (χ0n) is 16.0. The van der Waals surface area contributed by atoms with Crippen LogP contribution in [0.4, 0.5) is 5.69 Å². The molecule has 152 valence electrons. The van der Waals surface area contributed by atoms with Crippen molar-refractivity contribution in [2.24, 2.45) is 11.7 Å². The summed E-state index contributed by atoms with van der Waals surface area (Å²) in [7, 11) is -3.73. The molecule has 28 heavy (non-hydrogen) atoms. The highest BCUT2D eigenvalue weighted by atomic mass is 35.5. The third-order valence-corrected chi connectivity index (χ3v) is 6.42. The summed E-state index contributed by atoms with van der Waals surface area (Å²) in [6.45, 7) is 5.50. The van der Waals surface area contributed by atoms with E-state index in [-0.39, 0.29) is 23.2 Å². The predicted molar refractivity (Wildman–Crippen MR) is 113 cm³/mol. The smallest absolute Gasteiger partial charge is 0.262 e. The van der Waals surface area contributed by atoms with E-state index in [1.807, 2.05) is 13.0 Å². The molecular weight excluding hydrogens is 398 g/mol. The lowest BCUT2D eigenvalue weighted by molar-refractivity contribution is 0.0787. The lowest BCUT2D eigenvalue weighted by Crippen LogP contribution is -2.29. The van der Waals surface area contributed by atoms with Gasteiger partial charge >= 0.3 is 0 Å². The number of sulfonamides is 1. The van der Waals surface area contributed by atoms with Crippen LogP contribution in [-0.2, 0) is 10.0 Å². The first-order valence-corrected chi connectivity index (χ1v) is 10.5. The van der Waals surface area contributed by atoms with Gasteiger partial charge in [0.15, 0.2) is 0 Å². The van der Waals surface area contributed by atoms with Gasteiger partial charge in [0.1, 0.15) is 0 Å². The zero-order chi connectivity index (χ0) is 19.6. The number of rotatable bonds is 5. The average molecular weight is 424 g/mol. The van der Waals surface area contributed by atoms with Gasteiger partial charge < -0.3 is 10.6 Å². The number of aryl methyl sites for hydroxylation is 2. The molecule has 1 amide bonds. The number of anilines is 1. The highest BCUT2D eigenvalue weighted by Crippen LogP contribution is 2.23. The maximum absolute atomic E-state index is 12.8. The van der Waals surface area contributed by atoms with Crippen LogP contribution in [0.15, 0.2) is 47.4 Å². The molecule has 0 bridgehead atoms. The van der Waals surface area contributed by atoms with Crippen molar-refractivity contribution in [3.63, 3.8) is 0 Å². The summed E-state index contributed by atoms with van der Waals surface area (Å²) in [4.78, 5) is 14.7. The van der Waals surface area contributed by atoms with Crippen molar-refractivity contribution in [2.45, 2.75) is 25.2 Å². The van der Waals surface area contributed by atoms with Crippen molar-refractivity contribution >= 4 is 34.0 Å². The van der Waals surface area contributed by atoms with Crippen molar-refractivity contribution in [3.8, 4) is 0 Å². The SMILES string of the molecule is Cc1ccc(C)c(S(=O)(=O)Nc2cccc(C(=O)N3CCC(CN)C3)c2)c1.Cl. The van der Waals surface area contributed by atoms with E-state index in [1.54, 1.807) is 48.2 Å². The lowest BCUT2D eigenvalue weighted by Gasteiger charge is -2.17. The Morgan fingerprint density at radius 1 is 1.21 bits per heavy atom. The molecule has 1 unspecified atom stereocenters. The summed E-state index contributed by atoms with van der Waals surface area (Å²) < 4.78 is 28.1. The van der Waals surface area contributed by atoms with E-state index in [0.717, 1.165) is 12.0 Å². The number of amides is 1. The summed E-state index contributed by atoms with van der Waals surface area (Å²) in [5, 5.41) is 0. The average Bonchev–Trinajstić information content (AvgIpc) is 3.12. The number of likely N-dealkylation sites (tertiary alicyclic amines) is 1. The van der Waals surface area contributed by atoms with Crippen LogP contribution in [0.2, 0.25) is 0 Å². The molecule has 1 aliphatic rings. The minimum atomic E-state index is -3.73. The second kappa shape index (κ2) is 8.94. The van der Waals surface area contributed by atoms with Crippen LogP contribution in [0.1, 0.15) is 27.9 Å². The minimum Gasteiger partial charge on any atom is -0.338 e. The van der Waals surface area contributed by atoms with Gasteiger partial charge in [-0.3, -0.25) is 9.52 Å². The van der Waals surface area contributed by atoms with Gasteiger partial charge in [-0.15, -0.1) is 12.4 Å². The van der Waals surface area contributed by atoms with Crippen molar-refractivity contribution in [2.75, 3.05) is 24.4 Å². The summed E-state index contributed by atoms with van der Waals surface area (Å²) in [6.07, 6.45) is 0.904. The molecule has 0 radical (unpaired) electrons. The lowest BCUT2D eigenvalue weighted by atomic mass is 10.1. The monoisotopic (exact) mass is 423 g/mol. The Balaban J connectivity index is 0.00000280. The van der Waals surface area contributed by atoms with Gasteiger partial charge in [-0.1, -0.05) is 18.2 Å². The third kappa shape index (κ3) is 4.84. The molecule has 3 rings (SSSR count). The molecule has 0 spiro atoms. The number of nitrogens with one attached hydrogen (secondary N) is 1. The highest BCUT2D eigenvalue weighted by molar-refractivity contribution is 7.92. The highest BCUT2D eigenvalue weighted by Gasteiger charge is 2.26. The molecule has 1 aliphatic heterocycles. The Bertz CT molecular complexity index is 963. The van der Waals surface area contributed by atoms with Crippen molar-refractivity contribution in [1.29, 1.82) is 0 Å². The number of nitrogens with zero attached hydrogens (tertiary/aromatic N) is 1. The Morgan fingerprint density at radius 3 is 2.64 bits per heavy atom. The van der Waals surface area contributed by atoms with E-state index in [1.165, 1.54) is 0 Å². The number of carbonyl (C=O) groups excluding carboxylic acids is 1. The molecule has 0 aromatic heterocycles. The van der Waals surface area contributed by atoms with E-state index in [4.69, 9.17) is 5.73 Å². The normalized spacial score (nSPS) is 16.5. The van der Waals surface area contributed by atoms with Gasteiger partial charge in [-0.2, -0.15) is 0 Å². The maximum Gasteiger partial charge on any atom is 0.262 e. The Labute approximate surface area is 172 Å². The van der Waals surface area contributed by atoms with Crippen molar-refractivity contribution < 1.29 is 13.2 Å². The van der Waals surface area contributed by atoms with Gasteiger partial charge in [0.05, 0.1) is 4.90 Å². The topological polar surface area (TPSA) is 92.5 Å². The Morgan fingerprint density at radius 2 is 1.96 bits per heavy atom. The second-order valence-corrected chi connectivity index (χ2v) is 8.75. The number of carbonyl (C=O) groups is 1. The molecule has 2 aromatic carbocycles. The molecule has 6 nitrogen and oxygen atoms in total. The number of hydrogen-bond donors (Lipinski definition) is 2. The van der Waals surface area contributed by atoms with Crippen LogP contribution < -0.4 is 10.5 Å². The second-order valence-electron chi connectivity index (χ2n) is 7.10. The number of halogens is 1. The van der Waals surface area contributed by atoms with Crippen LogP contribution in [0.3, 0.4) is 0 Å². The summed E-state index contributed by atoms with van der Waals surface area (Å²) in [5.74, 6) is 0.235. The summed E-state index contributed by atoms with van der Waals surface area (Å²) in [6, 6.07) is 11.9. The molecule has 1 fully saturated rings. The molecule has 1 atom stereocenters. The van der Waals surface area contributed by atoms with E-state index >= 15 is 0 Å². The molecular formula is C20H26ClN3O3S. The largest absolute Gasteiger partial charge is 0.338 e. The standard InChI is InChI=1S/C20H25N3O3S.ClH/c1-14-6-7-15(2)19(10-14)27(25,26)22-18-5-3-4-17(11-18)20(24)23-9-8-16(12-21)13-23;/h3-7,10-11,16,22H,8-9,12-13,21H2,1-2H3;1H. The van der Waals surface area contributed by atoms with E-state index in [2.05, 4.69) is 4.72 Å². The van der Waals surface area contributed by atoms with E-state index < -0.39 is 10.0 Å². The first-order chi connectivity index (χ1) is 12.8. The predicted octanol–water partition coefficient (Wildman–Crippen LogP) is 2.95. The third-order valence-electron chi connectivity index (χ3n) is 4.90. The Hall–Kier alpha value is -2.09. The summed E-state index contributed by atoms with van der Waals surface area (Å²) in [5.41, 5.74) is 8.07. The first-order valence-electron chi connectivity index (χ1n) is 8.99. The van der Waals surface area contributed by atoms with Gasteiger partial charge in [-0.25, -0.2) is 8.42 Å². The van der Waals surface area contributed by atoms with Crippen molar-refractivity contribution in [1.82, 2.24) is 4.90 Å². The molecule has 8 heteroatoms. The number of nitrogens with two attached hydrogens (primary N) is 1. The number of benzene rings is 2. The molecule has 1 heterocycles. The van der Waals surface area contributed by atoms with Crippen LogP contribution in [0.5, 0.6) is 0 Å². The molecule has 1 saturated heterocycles. The first kappa shape index (κ1) is 22.2. The fraction of sp³-hybridized carbons (Fsp3) is 0.350. The molecule has 3 N–H and O–H groups in total. The quantitative estimate of drug-likeness (QED) is 0.773.